The van der Waals surface area contributed by atoms with Gasteiger partial charge in [0.05, 0.1) is 6.10 Å². The topological polar surface area (TPSA) is 84.6 Å². The molecule has 1 aliphatic rings. The maximum absolute atomic E-state index is 10.1. The highest BCUT2D eigenvalue weighted by Gasteiger charge is 2.18. The summed E-state index contributed by atoms with van der Waals surface area (Å²) in [4.78, 5) is 10.1. The van der Waals surface area contributed by atoms with Crippen molar-refractivity contribution in [3.63, 3.8) is 0 Å². The van der Waals surface area contributed by atoms with E-state index in [0.717, 1.165) is 25.9 Å². The monoisotopic (exact) mass is 188 g/mol. The Kier molecular flexibility index (Phi) is 3.98. The van der Waals surface area contributed by atoms with Crippen LogP contribution in [0.25, 0.3) is 0 Å². The van der Waals surface area contributed by atoms with Crippen LogP contribution < -0.4 is 11.1 Å². The number of nitrogens with two attached hydrogens (primary N) is 1. The molecule has 2 unspecified atom stereocenters. The predicted molar refractivity (Wildman–Crippen MR) is 47.6 cm³/mol. The van der Waals surface area contributed by atoms with Crippen molar-refractivity contribution in [1.82, 2.24) is 5.32 Å². The lowest BCUT2D eigenvalue weighted by atomic mass is 10.1. The first kappa shape index (κ1) is 10.3. The van der Waals surface area contributed by atoms with Crippen LogP contribution in [0.2, 0.25) is 0 Å². The predicted octanol–water partition coefficient (Wildman–Crippen LogP) is 0.150. The van der Waals surface area contributed by atoms with Gasteiger partial charge in [-0.05, 0) is 19.3 Å². The summed E-state index contributed by atoms with van der Waals surface area (Å²) in [7, 11) is 0. The average Bonchev–Trinajstić information content (AvgIpc) is 2.53. The SMILES string of the molecule is NC(CNC(=O)O)CC1CCCO1. The Hall–Kier alpha value is -0.810. The molecular formula is C8H16N2O3. The maximum Gasteiger partial charge on any atom is 0.404 e. The molecule has 0 aromatic rings. The molecule has 1 saturated heterocycles. The van der Waals surface area contributed by atoms with Gasteiger partial charge in [0, 0.05) is 19.2 Å². The fourth-order valence-corrected chi connectivity index (χ4v) is 1.47. The first-order valence-corrected chi connectivity index (χ1v) is 4.52. The molecule has 76 valence electrons. The van der Waals surface area contributed by atoms with Gasteiger partial charge >= 0.3 is 6.09 Å². The van der Waals surface area contributed by atoms with Crippen molar-refractivity contribution >= 4 is 6.09 Å². The van der Waals surface area contributed by atoms with E-state index in [0.29, 0.717) is 6.54 Å². The van der Waals surface area contributed by atoms with Crippen molar-refractivity contribution in [2.24, 2.45) is 5.73 Å². The lowest BCUT2D eigenvalue weighted by molar-refractivity contribution is 0.0980. The number of hydrogen-bond acceptors (Lipinski definition) is 3. The van der Waals surface area contributed by atoms with Crippen molar-refractivity contribution in [2.45, 2.75) is 31.4 Å². The van der Waals surface area contributed by atoms with Crippen molar-refractivity contribution in [2.75, 3.05) is 13.2 Å². The first-order chi connectivity index (χ1) is 6.18. The van der Waals surface area contributed by atoms with Gasteiger partial charge in [-0.3, -0.25) is 0 Å². The maximum atomic E-state index is 10.1. The molecule has 4 N–H and O–H groups in total. The number of nitrogens with one attached hydrogen (secondary N) is 1. The molecule has 13 heavy (non-hydrogen) atoms. The van der Waals surface area contributed by atoms with E-state index in [1.54, 1.807) is 0 Å². The highest BCUT2D eigenvalue weighted by Crippen LogP contribution is 2.15. The van der Waals surface area contributed by atoms with Crippen LogP contribution in [0.1, 0.15) is 19.3 Å². The Balaban J connectivity index is 2.09. The third-order valence-corrected chi connectivity index (χ3v) is 2.11. The molecule has 0 aliphatic carbocycles. The van der Waals surface area contributed by atoms with Gasteiger partial charge in [-0.2, -0.15) is 0 Å². The summed E-state index contributed by atoms with van der Waals surface area (Å²) in [6.07, 6.45) is 2.07. The lowest BCUT2D eigenvalue weighted by Gasteiger charge is -2.15. The fraction of sp³-hybridized carbons (Fsp3) is 0.875. The molecule has 1 rings (SSSR count). The van der Waals surface area contributed by atoms with Crippen LogP contribution in [-0.4, -0.2) is 36.5 Å². The van der Waals surface area contributed by atoms with E-state index in [9.17, 15) is 4.79 Å². The van der Waals surface area contributed by atoms with Gasteiger partial charge in [0.1, 0.15) is 0 Å². The van der Waals surface area contributed by atoms with Gasteiger partial charge in [-0.25, -0.2) is 4.79 Å². The number of carboxylic acid groups (broad SMARTS) is 1. The summed E-state index contributed by atoms with van der Waals surface area (Å²) in [5.74, 6) is 0. The Labute approximate surface area is 77.2 Å². The Morgan fingerprint density at radius 1 is 1.77 bits per heavy atom. The van der Waals surface area contributed by atoms with Gasteiger partial charge in [0.15, 0.2) is 0 Å². The second kappa shape index (κ2) is 5.04. The minimum atomic E-state index is -1.03. The lowest BCUT2D eigenvalue weighted by Crippen LogP contribution is -2.38. The van der Waals surface area contributed by atoms with E-state index in [1.807, 2.05) is 0 Å². The number of amides is 1. The quantitative estimate of drug-likeness (QED) is 0.586. The molecular weight excluding hydrogens is 172 g/mol. The average molecular weight is 188 g/mol. The highest BCUT2D eigenvalue weighted by molar-refractivity contribution is 5.64. The van der Waals surface area contributed by atoms with Crippen LogP contribution in [0.5, 0.6) is 0 Å². The fourth-order valence-electron chi connectivity index (χ4n) is 1.47. The van der Waals surface area contributed by atoms with Crippen molar-refractivity contribution < 1.29 is 14.6 Å². The highest BCUT2D eigenvalue weighted by atomic mass is 16.5. The third-order valence-electron chi connectivity index (χ3n) is 2.11. The molecule has 5 heteroatoms. The summed E-state index contributed by atoms with van der Waals surface area (Å²) in [5.41, 5.74) is 5.70. The standard InChI is InChI=1S/C8H16N2O3/c9-6(5-10-8(11)12)4-7-2-1-3-13-7/h6-7,10H,1-5,9H2,(H,11,12). The van der Waals surface area contributed by atoms with Crippen molar-refractivity contribution in [3.8, 4) is 0 Å². The zero-order valence-electron chi connectivity index (χ0n) is 7.53. The Morgan fingerprint density at radius 3 is 3.08 bits per heavy atom. The minimum Gasteiger partial charge on any atom is -0.465 e. The Bertz CT molecular complexity index is 169. The van der Waals surface area contributed by atoms with Crippen LogP contribution in [0.15, 0.2) is 0 Å². The van der Waals surface area contributed by atoms with Gasteiger partial charge < -0.3 is 20.9 Å². The molecule has 1 amide bonds. The largest absolute Gasteiger partial charge is 0.465 e. The van der Waals surface area contributed by atoms with Crippen LogP contribution in [-0.2, 0) is 4.74 Å². The van der Waals surface area contributed by atoms with E-state index >= 15 is 0 Å². The zero-order valence-corrected chi connectivity index (χ0v) is 7.53. The number of hydrogen-bond donors (Lipinski definition) is 3. The zero-order chi connectivity index (χ0) is 9.68. The molecule has 0 aromatic carbocycles. The van der Waals surface area contributed by atoms with Crippen molar-refractivity contribution in [1.29, 1.82) is 0 Å². The van der Waals surface area contributed by atoms with E-state index in [1.165, 1.54) is 0 Å². The van der Waals surface area contributed by atoms with Crippen LogP contribution in [0.3, 0.4) is 0 Å². The summed E-state index contributed by atoms with van der Waals surface area (Å²) in [6, 6.07) is -0.140. The van der Waals surface area contributed by atoms with E-state index < -0.39 is 6.09 Å². The van der Waals surface area contributed by atoms with Crippen LogP contribution in [0.4, 0.5) is 4.79 Å². The van der Waals surface area contributed by atoms with Gasteiger partial charge in [-0.1, -0.05) is 0 Å². The van der Waals surface area contributed by atoms with Gasteiger partial charge in [0.2, 0.25) is 0 Å². The van der Waals surface area contributed by atoms with Gasteiger partial charge in [0.25, 0.3) is 0 Å². The van der Waals surface area contributed by atoms with E-state index in [-0.39, 0.29) is 12.1 Å². The molecule has 1 heterocycles. The molecule has 1 aliphatic heterocycles. The summed E-state index contributed by atoms with van der Waals surface area (Å²) >= 11 is 0. The normalized spacial score (nSPS) is 24.2. The molecule has 2 atom stereocenters. The third kappa shape index (κ3) is 4.10. The second-order valence-electron chi connectivity index (χ2n) is 3.32. The second-order valence-corrected chi connectivity index (χ2v) is 3.32. The van der Waals surface area contributed by atoms with Crippen molar-refractivity contribution in [3.05, 3.63) is 0 Å². The number of rotatable bonds is 4. The molecule has 1 fully saturated rings. The summed E-state index contributed by atoms with van der Waals surface area (Å²) in [6.45, 7) is 1.11. The Morgan fingerprint density at radius 2 is 2.54 bits per heavy atom. The summed E-state index contributed by atoms with van der Waals surface area (Å²) in [5, 5.41) is 10.6. The van der Waals surface area contributed by atoms with Crippen LogP contribution in [0, 0.1) is 0 Å². The molecule has 0 saturated carbocycles. The van der Waals surface area contributed by atoms with E-state index in [2.05, 4.69) is 5.32 Å². The molecule has 5 nitrogen and oxygen atoms in total. The number of carbonyl (C=O) groups is 1. The molecule has 0 bridgehead atoms. The van der Waals surface area contributed by atoms with Crippen LogP contribution >= 0.6 is 0 Å². The van der Waals surface area contributed by atoms with E-state index in [4.69, 9.17) is 15.6 Å². The molecule has 0 aromatic heterocycles. The smallest absolute Gasteiger partial charge is 0.404 e. The molecule has 0 spiro atoms. The molecule has 0 radical (unpaired) electrons. The minimum absolute atomic E-state index is 0.140. The number of ether oxygens (including phenoxy) is 1. The first-order valence-electron chi connectivity index (χ1n) is 4.52. The van der Waals surface area contributed by atoms with Gasteiger partial charge in [-0.15, -0.1) is 0 Å². The summed E-state index contributed by atoms with van der Waals surface area (Å²) < 4.78 is 5.38.